The average Bonchev–Trinajstić information content (AvgIpc) is 2.56. The minimum Gasteiger partial charge on any atom is -0.543 e. The Morgan fingerprint density at radius 3 is 1.17 bits per heavy atom. The van der Waals surface area contributed by atoms with Crippen LogP contribution in [-0.4, -0.2) is 26.8 Å². The van der Waals surface area contributed by atoms with Crippen LogP contribution in [0.25, 0.3) is 11.1 Å². The van der Waals surface area contributed by atoms with E-state index in [4.69, 9.17) is 8.85 Å². The van der Waals surface area contributed by atoms with E-state index in [9.17, 15) is 10.2 Å². The fraction of sp³-hybridized carbons (Fsp3) is 0.500. The van der Waals surface area contributed by atoms with Gasteiger partial charge in [-0.25, -0.2) is 0 Å². The van der Waals surface area contributed by atoms with Crippen LogP contribution in [0.5, 0.6) is 23.0 Å². The second-order valence-corrected chi connectivity index (χ2v) is 20.5. The smallest absolute Gasteiger partial charge is 0.250 e. The second-order valence-electron chi connectivity index (χ2n) is 11.1. The van der Waals surface area contributed by atoms with Gasteiger partial charge in [0.05, 0.1) is 0 Å². The van der Waals surface area contributed by atoms with Crippen molar-refractivity contribution >= 4 is 16.6 Å². The molecule has 0 saturated carbocycles. The van der Waals surface area contributed by atoms with E-state index in [1.807, 2.05) is 0 Å². The highest BCUT2D eigenvalue weighted by atomic mass is 28.4. The first-order chi connectivity index (χ1) is 13.4. The van der Waals surface area contributed by atoms with Gasteiger partial charge in [-0.3, -0.25) is 0 Å². The summed E-state index contributed by atoms with van der Waals surface area (Å²) in [7, 11) is -4.06. The predicted octanol–water partition coefficient (Wildman–Crippen LogP) is 7.53. The number of phenolic OH excluding ortho intramolecular Hbond substituents is 2. The highest BCUT2D eigenvalue weighted by Crippen LogP contribution is 2.43. The summed E-state index contributed by atoms with van der Waals surface area (Å²) in [5, 5.41) is 21.2. The zero-order chi connectivity index (χ0) is 23.1. The number of rotatable bonds is 5. The summed E-state index contributed by atoms with van der Waals surface area (Å²) >= 11 is 0. The average molecular weight is 447 g/mol. The fourth-order valence-electron chi connectivity index (χ4n) is 2.48. The molecule has 0 saturated heterocycles. The summed E-state index contributed by atoms with van der Waals surface area (Å²) in [6.45, 7) is 21.9. The first kappa shape index (κ1) is 24.3. The number of phenols is 2. The van der Waals surface area contributed by atoms with Crippen LogP contribution in [0.3, 0.4) is 0 Å². The Kier molecular flexibility index (Phi) is 6.46. The molecule has 0 aromatic heterocycles. The lowest BCUT2D eigenvalue weighted by molar-refractivity contribution is 0.463. The van der Waals surface area contributed by atoms with Gasteiger partial charge in [-0.05, 0) is 72.7 Å². The third kappa shape index (κ3) is 5.21. The van der Waals surface area contributed by atoms with Gasteiger partial charge in [-0.2, -0.15) is 0 Å². The molecule has 4 nitrogen and oxygen atoms in total. The molecule has 2 aromatic carbocycles. The van der Waals surface area contributed by atoms with Crippen LogP contribution in [0, 0.1) is 0 Å². The first-order valence-electron chi connectivity index (χ1n) is 10.5. The van der Waals surface area contributed by atoms with Crippen LogP contribution in [0.4, 0.5) is 0 Å². The minimum absolute atomic E-state index is 0.0596. The standard InChI is InChI=1S/C24H38O4Si2/c1-23(2,3)29(7,8)27-17-11-13-21(25)19(15-17)20-16-18(12-14-22(20)26)28-30(9,10)24(4,5)6/h11-16,25-26H,1-10H3. The van der Waals surface area contributed by atoms with Gasteiger partial charge in [0.15, 0.2) is 0 Å². The third-order valence-electron chi connectivity index (χ3n) is 6.58. The summed E-state index contributed by atoms with van der Waals surface area (Å²) in [6, 6.07) is 10.4. The van der Waals surface area contributed by atoms with E-state index in [1.165, 1.54) is 0 Å². The number of hydrogen-bond acceptors (Lipinski definition) is 4. The highest BCUT2D eigenvalue weighted by molar-refractivity contribution is 6.75. The van der Waals surface area contributed by atoms with Gasteiger partial charge in [0.25, 0.3) is 0 Å². The van der Waals surface area contributed by atoms with Gasteiger partial charge in [0, 0.05) is 11.1 Å². The van der Waals surface area contributed by atoms with Crippen LogP contribution in [0.15, 0.2) is 36.4 Å². The lowest BCUT2D eigenvalue weighted by Crippen LogP contribution is -2.43. The molecule has 0 aliphatic heterocycles. The normalized spacial score (nSPS) is 13.3. The zero-order valence-electron chi connectivity index (χ0n) is 20.2. The molecule has 0 aliphatic carbocycles. The quantitative estimate of drug-likeness (QED) is 0.466. The first-order valence-corrected chi connectivity index (χ1v) is 16.3. The van der Waals surface area contributed by atoms with E-state index in [0.29, 0.717) is 22.6 Å². The fourth-order valence-corrected chi connectivity index (χ4v) is 4.53. The molecule has 0 aliphatic rings. The van der Waals surface area contributed by atoms with Crippen LogP contribution < -0.4 is 8.85 Å². The number of hydrogen-bond donors (Lipinski definition) is 2. The molecule has 0 heterocycles. The maximum absolute atomic E-state index is 10.5. The van der Waals surface area contributed by atoms with E-state index in [-0.39, 0.29) is 21.6 Å². The molecule has 0 unspecified atom stereocenters. The van der Waals surface area contributed by atoms with E-state index >= 15 is 0 Å². The van der Waals surface area contributed by atoms with E-state index in [0.717, 1.165) is 0 Å². The van der Waals surface area contributed by atoms with Crippen LogP contribution in [0.2, 0.25) is 36.3 Å². The highest BCUT2D eigenvalue weighted by Gasteiger charge is 2.40. The van der Waals surface area contributed by atoms with Crippen molar-refractivity contribution in [2.45, 2.75) is 77.8 Å². The molecule has 2 aromatic rings. The molecular formula is C24H38O4Si2. The van der Waals surface area contributed by atoms with Crippen LogP contribution >= 0.6 is 0 Å². The summed E-state index contributed by atoms with van der Waals surface area (Å²) in [6.07, 6.45) is 0. The molecule has 2 N–H and O–H groups in total. The Morgan fingerprint density at radius 1 is 0.600 bits per heavy atom. The van der Waals surface area contributed by atoms with Crippen LogP contribution in [0.1, 0.15) is 41.5 Å². The van der Waals surface area contributed by atoms with Crippen molar-refractivity contribution < 1.29 is 19.1 Å². The molecule has 0 atom stereocenters. The van der Waals surface area contributed by atoms with Gasteiger partial charge in [-0.1, -0.05) is 41.5 Å². The Bertz CT molecular complexity index is 831. The maximum atomic E-state index is 10.5. The Morgan fingerprint density at radius 2 is 0.900 bits per heavy atom. The molecule has 166 valence electrons. The van der Waals surface area contributed by atoms with Gasteiger partial charge in [0.2, 0.25) is 16.6 Å². The molecule has 0 spiro atoms. The largest absolute Gasteiger partial charge is 0.543 e. The second kappa shape index (κ2) is 7.96. The SMILES string of the molecule is CC(C)(C)[Si](C)(C)Oc1ccc(O)c(-c2cc(O[Si](C)(C)C(C)(C)C)ccc2O)c1. The predicted molar refractivity (Wildman–Crippen MR) is 131 cm³/mol. The zero-order valence-corrected chi connectivity index (χ0v) is 22.2. The van der Waals surface area contributed by atoms with Crippen molar-refractivity contribution in [3.8, 4) is 34.1 Å². The lowest BCUT2D eigenvalue weighted by Gasteiger charge is -2.36. The molecule has 2 rings (SSSR count). The molecule has 0 amide bonds. The molecule has 0 radical (unpaired) electrons. The van der Waals surface area contributed by atoms with Crippen molar-refractivity contribution in [1.82, 2.24) is 0 Å². The van der Waals surface area contributed by atoms with Gasteiger partial charge >= 0.3 is 0 Å². The molecular weight excluding hydrogens is 408 g/mol. The van der Waals surface area contributed by atoms with Crippen molar-refractivity contribution in [2.24, 2.45) is 0 Å². The van der Waals surface area contributed by atoms with Crippen molar-refractivity contribution in [2.75, 3.05) is 0 Å². The van der Waals surface area contributed by atoms with Crippen molar-refractivity contribution in [3.63, 3.8) is 0 Å². The Balaban J connectivity index is 2.47. The lowest BCUT2D eigenvalue weighted by atomic mass is 10.0. The Hall–Kier alpha value is -1.93. The Labute approximate surface area is 184 Å². The van der Waals surface area contributed by atoms with Gasteiger partial charge in [-0.15, -0.1) is 0 Å². The third-order valence-corrected chi connectivity index (χ3v) is 15.3. The molecule has 6 heteroatoms. The summed E-state index contributed by atoms with van der Waals surface area (Å²) in [4.78, 5) is 0. The maximum Gasteiger partial charge on any atom is 0.250 e. The van der Waals surface area contributed by atoms with Crippen molar-refractivity contribution in [1.29, 1.82) is 0 Å². The van der Waals surface area contributed by atoms with E-state index in [1.54, 1.807) is 36.4 Å². The van der Waals surface area contributed by atoms with Gasteiger partial charge < -0.3 is 19.1 Å². The molecule has 30 heavy (non-hydrogen) atoms. The summed E-state index contributed by atoms with van der Waals surface area (Å²) in [5.41, 5.74) is 1.06. The van der Waals surface area contributed by atoms with Gasteiger partial charge in [0.1, 0.15) is 23.0 Å². The summed E-state index contributed by atoms with van der Waals surface area (Å²) < 4.78 is 12.8. The van der Waals surface area contributed by atoms with E-state index < -0.39 is 16.6 Å². The monoisotopic (exact) mass is 446 g/mol. The number of aromatic hydroxyl groups is 2. The number of benzene rings is 2. The minimum atomic E-state index is -2.03. The summed E-state index contributed by atoms with van der Waals surface area (Å²) in [5.74, 6) is 1.59. The molecule has 0 fully saturated rings. The van der Waals surface area contributed by atoms with E-state index in [2.05, 4.69) is 67.7 Å². The van der Waals surface area contributed by atoms with Crippen molar-refractivity contribution in [3.05, 3.63) is 36.4 Å². The van der Waals surface area contributed by atoms with Crippen LogP contribution in [-0.2, 0) is 0 Å². The topological polar surface area (TPSA) is 58.9 Å². The molecule has 0 bridgehead atoms.